The molecule has 2 bridgehead atoms. The van der Waals surface area contributed by atoms with Gasteiger partial charge in [-0.1, -0.05) is 24.9 Å². The molecule has 16 heteroatoms. The van der Waals surface area contributed by atoms with Gasteiger partial charge < -0.3 is 11.1 Å². The highest BCUT2D eigenvalue weighted by atomic mass is 79.9. The lowest BCUT2D eigenvalue weighted by molar-refractivity contribution is -0.119. The van der Waals surface area contributed by atoms with Crippen LogP contribution in [0.1, 0.15) is 37.9 Å². The van der Waals surface area contributed by atoms with Crippen molar-refractivity contribution in [3.8, 4) is 22.5 Å². The fraction of sp³-hybridized carbons (Fsp3) is 0.276. The van der Waals surface area contributed by atoms with Crippen molar-refractivity contribution in [3.63, 3.8) is 0 Å². The highest BCUT2D eigenvalue weighted by Crippen LogP contribution is 2.36. The maximum absolute atomic E-state index is 13.9. The zero-order chi connectivity index (χ0) is 32.6. The molecule has 0 spiro atoms. The van der Waals surface area contributed by atoms with Gasteiger partial charge in [-0.3, -0.25) is 28.8 Å². The number of benzene rings is 1. The Balaban J connectivity index is 1.61. The Hall–Kier alpha value is -4.21. The minimum absolute atomic E-state index is 0.0265. The molecule has 0 fully saturated rings. The van der Waals surface area contributed by atoms with Gasteiger partial charge in [-0.25, -0.2) is 10.8 Å². The number of hydrogen-bond donors (Lipinski definition) is 3. The number of aryl methyl sites for hydroxylation is 1. The van der Waals surface area contributed by atoms with Crippen molar-refractivity contribution < 1.29 is 18.0 Å². The average Bonchev–Trinajstić information content (AvgIpc) is 3.35. The van der Waals surface area contributed by atoms with Crippen molar-refractivity contribution in [1.29, 1.82) is 0 Å². The van der Waals surface area contributed by atoms with Crippen LogP contribution in [0.5, 0.6) is 0 Å². The van der Waals surface area contributed by atoms with Gasteiger partial charge in [0.15, 0.2) is 0 Å². The first-order valence-corrected chi connectivity index (χ1v) is 14.9. The Morgan fingerprint density at radius 3 is 2.69 bits per heavy atom. The molecule has 1 aliphatic rings. The maximum Gasteiger partial charge on any atom is 0.432 e. The minimum atomic E-state index is -4.80. The quantitative estimate of drug-likeness (QED) is 0.186. The number of nitrogens with one attached hydrogen (secondary N) is 1. The van der Waals surface area contributed by atoms with Crippen LogP contribution in [0.25, 0.3) is 22.5 Å². The standard InChI is InChI=1S/C29H28BrClF3N9O2/c1-15-4-3-5-22(19-10-16(8-9-37-19)26-20(40-27(15)44)12-39-41(26)2)42-14-38-25(24(30)28(42)45)18-11-17(31)6-7-21(18)43(36)13-23(35)29(32,33)34/h6-15,22H,3-5,35-36H2,1-2H3,(H,40,44)/b23-13-. The van der Waals surface area contributed by atoms with Gasteiger partial charge in [-0.2, -0.15) is 18.3 Å². The van der Waals surface area contributed by atoms with E-state index in [0.717, 1.165) is 5.56 Å². The molecule has 0 saturated heterocycles. The lowest BCUT2D eigenvalue weighted by atomic mass is 9.97. The number of alkyl halides is 3. The van der Waals surface area contributed by atoms with E-state index in [1.807, 2.05) is 13.0 Å². The van der Waals surface area contributed by atoms with Gasteiger partial charge in [-0.15, -0.1) is 0 Å². The summed E-state index contributed by atoms with van der Waals surface area (Å²) in [5.74, 6) is 5.51. The summed E-state index contributed by atoms with van der Waals surface area (Å²) < 4.78 is 42.4. The SMILES string of the molecule is CC1CCCC(n2cnc(-c3cc(Cl)ccc3N(N)/C=C(\N)C(F)(F)F)c(Br)c2=O)c2cc(ccn2)-c2c(cnn2C)NC1=O. The Morgan fingerprint density at radius 2 is 1.96 bits per heavy atom. The third-order valence-electron chi connectivity index (χ3n) is 7.53. The number of anilines is 2. The molecule has 2 atom stereocenters. The van der Waals surface area contributed by atoms with E-state index in [4.69, 9.17) is 23.2 Å². The molecular weight excluding hydrogens is 679 g/mol. The average molecular weight is 707 g/mol. The van der Waals surface area contributed by atoms with E-state index in [2.05, 4.69) is 36.3 Å². The lowest BCUT2D eigenvalue weighted by Crippen LogP contribution is -2.31. The summed E-state index contributed by atoms with van der Waals surface area (Å²) in [5, 5.41) is 8.22. The third-order valence-corrected chi connectivity index (χ3v) is 8.48. The number of carbonyl (C=O) groups is 1. The zero-order valence-electron chi connectivity index (χ0n) is 24.0. The minimum Gasteiger partial charge on any atom is -0.393 e. The van der Waals surface area contributed by atoms with E-state index >= 15 is 0 Å². The molecule has 45 heavy (non-hydrogen) atoms. The molecule has 0 radical (unpaired) electrons. The van der Waals surface area contributed by atoms with Gasteiger partial charge in [-0.05, 0) is 59.1 Å². The van der Waals surface area contributed by atoms with Crippen molar-refractivity contribution >= 4 is 44.8 Å². The number of rotatable bonds is 4. The number of nitrogens with zero attached hydrogens (tertiary/aromatic N) is 6. The number of hydrogen-bond acceptors (Lipinski definition) is 8. The predicted molar refractivity (Wildman–Crippen MR) is 168 cm³/mol. The molecule has 0 saturated carbocycles. The molecule has 1 aromatic carbocycles. The summed E-state index contributed by atoms with van der Waals surface area (Å²) in [6, 6.07) is 7.33. The van der Waals surface area contributed by atoms with Crippen molar-refractivity contribution in [2.45, 2.75) is 38.4 Å². The second-order valence-corrected chi connectivity index (χ2v) is 11.8. The number of aromatic nitrogens is 5. The van der Waals surface area contributed by atoms with Crippen LogP contribution in [0.4, 0.5) is 24.5 Å². The summed E-state index contributed by atoms with van der Waals surface area (Å²) in [6.07, 6.45) is 1.89. The van der Waals surface area contributed by atoms with Crippen LogP contribution in [0.3, 0.4) is 0 Å². The van der Waals surface area contributed by atoms with Crippen LogP contribution < -0.4 is 27.5 Å². The molecule has 5 N–H and O–H groups in total. The van der Waals surface area contributed by atoms with Gasteiger partial charge in [0.2, 0.25) is 5.91 Å². The predicted octanol–water partition coefficient (Wildman–Crippen LogP) is 5.51. The molecule has 1 amide bonds. The fourth-order valence-corrected chi connectivity index (χ4v) is 5.85. The van der Waals surface area contributed by atoms with Crippen LogP contribution in [0.2, 0.25) is 5.02 Å². The first-order chi connectivity index (χ1) is 21.3. The lowest BCUT2D eigenvalue weighted by Gasteiger charge is -2.23. The molecule has 2 unspecified atom stereocenters. The smallest absolute Gasteiger partial charge is 0.393 e. The largest absolute Gasteiger partial charge is 0.432 e. The Labute approximate surface area is 268 Å². The van der Waals surface area contributed by atoms with Crippen molar-refractivity contribution in [1.82, 2.24) is 24.3 Å². The van der Waals surface area contributed by atoms with E-state index in [0.29, 0.717) is 47.5 Å². The highest BCUT2D eigenvalue weighted by molar-refractivity contribution is 9.10. The van der Waals surface area contributed by atoms with Crippen LogP contribution >= 0.6 is 27.5 Å². The first-order valence-electron chi connectivity index (χ1n) is 13.7. The van der Waals surface area contributed by atoms with Crippen molar-refractivity contribution in [2.75, 3.05) is 10.3 Å². The summed E-state index contributed by atoms with van der Waals surface area (Å²) in [7, 11) is 1.77. The number of carbonyl (C=O) groups excluding carboxylic acids is 1. The molecule has 4 aromatic rings. The number of halogens is 5. The third kappa shape index (κ3) is 6.60. The summed E-state index contributed by atoms with van der Waals surface area (Å²) in [5.41, 5.74) is 6.21. The van der Waals surface area contributed by atoms with E-state index in [1.54, 1.807) is 30.2 Å². The summed E-state index contributed by atoms with van der Waals surface area (Å²) >= 11 is 9.60. The van der Waals surface area contributed by atoms with Gasteiger partial charge in [0.1, 0.15) is 10.2 Å². The zero-order valence-corrected chi connectivity index (χ0v) is 26.4. The fourth-order valence-electron chi connectivity index (χ4n) is 5.15. The number of hydrazine groups is 1. The van der Waals surface area contributed by atoms with Gasteiger partial charge in [0, 0.05) is 41.5 Å². The Bertz CT molecular complexity index is 1860. The van der Waals surface area contributed by atoms with E-state index < -0.39 is 23.5 Å². The van der Waals surface area contributed by atoms with Gasteiger partial charge in [0.05, 0.1) is 47.0 Å². The number of nitrogens with two attached hydrogens (primary N) is 2. The summed E-state index contributed by atoms with van der Waals surface area (Å²) in [6.45, 7) is 1.84. The molecule has 236 valence electrons. The van der Waals surface area contributed by atoms with E-state index in [-0.39, 0.29) is 38.3 Å². The monoisotopic (exact) mass is 705 g/mol. The second kappa shape index (κ2) is 12.7. The molecule has 1 aliphatic heterocycles. The van der Waals surface area contributed by atoms with Crippen LogP contribution in [-0.2, 0) is 11.8 Å². The number of pyridine rings is 1. The molecule has 3 aromatic heterocycles. The number of fused-ring (bicyclic) bond motifs is 4. The van der Waals surface area contributed by atoms with E-state index in [1.165, 1.54) is 29.1 Å². The van der Waals surface area contributed by atoms with Crippen molar-refractivity contribution in [2.24, 2.45) is 24.5 Å². The number of amides is 1. The topological polar surface area (TPSA) is 150 Å². The first kappa shape index (κ1) is 32.2. The highest BCUT2D eigenvalue weighted by Gasteiger charge is 2.32. The van der Waals surface area contributed by atoms with Gasteiger partial charge in [0.25, 0.3) is 5.56 Å². The normalized spacial score (nSPS) is 17.6. The Kier molecular flexibility index (Phi) is 9.05. The second-order valence-electron chi connectivity index (χ2n) is 10.6. The van der Waals surface area contributed by atoms with Gasteiger partial charge >= 0.3 is 6.18 Å². The van der Waals surface area contributed by atoms with Crippen molar-refractivity contribution in [3.05, 3.63) is 86.5 Å². The molecule has 0 aliphatic carbocycles. The molecule has 5 rings (SSSR count). The van der Waals surface area contributed by atoms with Crippen LogP contribution in [0.15, 0.2) is 70.2 Å². The molecular formula is C29H28BrClF3N9O2. The van der Waals surface area contributed by atoms with Crippen LogP contribution in [0, 0.1) is 5.92 Å². The van der Waals surface area contributed by atoms with Crippen LogP contribution in [-0.4, -0.2) is 36.4 Å². The van der Waals surface area contributed by atoms with E-state index in [9.17, 15) is 22.8 Å². The Morgan fingerprint density at radius 1 is 1.20 bits per heavy atom. The maximum atomic E-state index is 13.9. The molecule has 11 nitrogen and oxygen atoms in total. The molecule has 4 heterocycles. The number of allylic oxidation sites excluding steroid dienone is 1. The summed E-state index contributed by atoms with van der Waals surface area (Å²) in [4.78, 5) is 36.0.